The van der Waals surface area contributed by atoms with Crippen molar-refractivity contribution in [2.45, 2.75) is 18.7 Å². The first-order valence-electron chi connectivity index (χ1n) is 3.07. The third-order valence-corrected chi connectivity index (χ3v) is 2.20. The molecule has 54 valence electrons. The van der Waals surface area contributed by atoms with E-state index >= 15 is 0 Å². The van der Waals surface area contributed by atoms with Gasteiger partial charge in [0.15, 0.2) is 0 Å². The summed E-state index contributed by atoms with van der Waals surface area (Å²) in [6.07, 6.45) is 0. The summed E-state index contributed by atoms with van der Waals surface area (Å²) >= 11 is 4.01. The molecular weight excluding hydrogens is 147 g/mol. The number of thiol groups is 1. The van der Waals surface area contributed by atoms with Gasteiger partial charge in [0, 0.05) is 4.90 Å². The van der Waals surface area contributed by atoms with E-state index in [1.165, 1.54) is 6.07 Å². The van der Waals surface area contributed by atoms with Crippen molar-refractivity contribution in [3.05, 3.63) is 29.1 Å². The van der Waals surface area contributed by atoms with E-state index in [4.69, 9.17) is 0 Å². The summed E-state index contributed by atoms with van der Waals surface area (Å²) in [5, 5.41) is 0. The lowest BCUT2D eigenvalue weighted by Gasteiger charge is -2.02. The summed E-state index contributed by atoms with van der Waals surface area (Å²) in [5.74, 6) is -0.244. The predicted octanol–water partition coefficient (Wildman–Crippen LogP) is 2.73. The largest absolute Gasteiger partial charge is 0.206 e. The summed E-state index contributed by atoms with van der Waals surface area (Å²) in [7, 11) is 0. The lowest BCUT2D eigenvalue weighted by molar-refractivity contribution is 0.599. The SMILES string of the molecule is Cc1ccc(F)c(S)c1C. The molecule has 0 amide bonds. The van der Waals surface area contributed by atoms with Crippen molar-refractivity contribution in [3.8, 4) is 0 Å². The van der Waals surface area contributed by atoms with Gasteiger partial charge in [0.05, 0.1) is 0 Å². The van der Waals surface area contributed by atoms with Gasteiger partial charge in [-0.25, -0.2) is 4.39 Å². The average Bonchev–Trinajstić information content (AvgIpc) is 1.93. The highest BCUT2D eigenvalue weighted by Gasteiger charge is 2.01. The van der Waals surface area contributed by atoms with Crippen molar-refractivity contribution in [1.29, 1.82) is 0 Å². The minimum Gasteiger partial charge on any atom is -0.206 e. The van der Waals surface area contributed by atoms with Gasteiger partial charge in [-0.15, -0.1) is 12.6 Å². The van der Waals surface area contributed by atoms with E-state index < -0.39 is 0 Å². The normalized spacial score (nSPS) is 10.0. The zero-order chi connectivity index (χ0) is 7.72. The number of benzene rings is 1. The van der Waals surface area contributed by atoms with Crippen molar-refractivity contribution >= 4 is 12.6 Å². The van der Waals surface area contributed by atoms with Crippen LogP contribution in [0.15, 0.2) is 17.0 Å². The molecule has 0 saturated carbocycles. The van der Waals surface area contributed by atoms with E-state index in [0.29, 0.717) is 4.90 Å². The molecule has 0 radical (unpaired) electrons. The fourth-order valence-corrected chi connectivity index (χ4v) is 1.02. The van der Waals surface area contributed by atoms with Crippen LogP contribution in [0, 0.1) is 19.7 Å². The number of hydrogen-bond acceptors (Lipinski definition) is 1. The van der Waals surface area contributed by atoms with Gasteiger partial charge in [0.25, 0.3) is 0 Å². The molecule has 2 heteroatoms. The molecule has 0 aliphatic carbocycles. The van der Waals surface area contributed by atoms with Crippen LogP contribution in [0.3, 0.4) is 0 Å². The van der Waals surface area contributed by atoms with E-state index in [1.807, 2.05) is 13.8 Å². The molecule has 0 aromatic heterocycles. The molecule has 0 spiro atoms. The third kappa shape index (κ3) is 1.16. The molecule has 0 fully saturated rings. The van der Waals surface area contributed by atoms with Crippen LogP contribution in [0.4, 0.5) is 4.39 Å². The molecule has 0 aliphatic rings. The van der Waals surface area contributed by atoms with Gasteiger partial charge < -0.3 is 0 Å². The van der Waals surface area contributed by atoms with Crippen molar-refractivity contribution in [2.75, 3.05) is 0 Å². The minimum atomic E-state index is -0.244. The maximum Gasteiger partial charge on any atom is 0.136 e. The smallest absolute Gasteiger partial charge is 0.136 e. The Balaban J connectivity index is 3.34. The summed E-state index contributed by atoms with van der Waals surface area (Å²) in [5.41, 5.74) is 2.00. The molecule has 0 atom stereocenters. The molecule has 10 heavy (non-hydrogen) atoms. The zero-order valence-corrected chi connectivity index (χ0v) is 6.87. The fourth-order valence-electron chi connectivity index (χ4n) is 0.768. The molecule has 0 nitrogen and oxygen atoms in total. The van der Waals surface area contributed by atoms with Gasteiger partial charge in [0.2, 0.25) is 0 Å². The van der Waals surface area contributed by atoms with E-state index in [0.717, 1.165) is 11.1 Å². The highest BCUT2D eigenvalue weighted by molar-refractivity contribution is 7.80. The Morgan fingerprint density at radius 3 is 2.40 bits per heavy atom. The van der Waals surface area contributed by atoms with E-state index in [2.05, 4.69) is 12.6 Å². The lowest BCUT2D eigenvalue weighted by Crippen LogP contribution is -1.86. The van der Waals surface area contributed by atoms with E-state index in [1.54, 1.807) is 6.07 Å². The van der Waals surface area contributed by atoms with Crippen LogP contribution in [0.1, 0.15) is 11.1 Å². The van der Waals surface area contributed by atoms with Gasteiger partial charge in [-0.05, 0) is 31.0 Å². The topological polar surface area (TPSA) is 0 Å². The molecule has 1 rings (SSSR count). The van der Waals surface area contributed by atoms with Gasteiger partial charge >= 0.3 is 0 Å². The molecule has 1 aromatic carbocycles. The van der Waals surface area contributed by atoms with Crippen LogP contribution < -0.4 is 0 Å². The molecule has 1 aromatic rings. The maximum atomic E-state index is 12.7. The number of aryl methyl sites for hydroxylation is 1. The van der Waals surface area contributed by atoms with Gasteiger partial charge in [-0.3, -0.25) is 0 Å². The Kier molecular flexibility index (Phi) is 2.00. The second-order valence-corrected chi connectivity index (χ2v) is 2.79. The lowest BCUT2D eigenvalue weighted by atomic mass is 10.1. The molecular formula is C8H9FS. The Morgan fingerprint density at radius 2 is 1.90 bits per heavy atom. The maximum absolute atomic E-state index is 12.7. The van der Waals surface area contributed by atoms with Crippen LogP contribution in [0.2, 0.25) is 0 Å². The van der Waals surface area contributed by atoms with E-state index in [-0.39, 0.29) is 5.82 Å². The Morgan fingerprint density at radius 1 is 1.30 bits per heavy atom. The summed E-state index contributed by atoms with van der Waals surface area (Å²) in [6, 6.07) is 3.19. The Bertz CT molecular complexity index is 229. The number of hydrogen-bond donors (Lipinski definition) is 1. The monoisotopic (exact) mass is 156 g/mol. The molecule has 0 unspecified atom stereocenters. The van der Waals surface area contributed by atoms with Gasteiger partial charge in [-0.2, -0.15) is 0 Å². The van der Waals surface area contributed by atoms with Crippen molar-refractivity contribution < 1.29 is 4.39 Å². The van der Waals surface area contributed by atoms with Crippen molar-refractivity contribution in [3.63, 3.8) is 0 Å². The Labute approximate surface area is 65.5 Å². The Hall–Kier alpha value is -0.500. The summed E-state index contributed by atoms with van der Waals surface area (Å²) in [6.45, 7) is 3.80. The number of halogens is 1. The third-order valence-electron chi connectivity index (χ3n) is 1.65. The van der Waals surface area contributed by atoms with Crippen LogP contribution in [0.25, 0.3) is 0 Å². The second-order valence-electron chi connectivity index (χ2n) is 2.34. The first kappa shape index (κ1) is 7.61. The standard InChI is InChI=1S/C8H9FS/c1-5-3-4-7(9)8(10)6(5)2/h3-4,10H,1-2H3. The predicted molar refractivity (Wildman–Crippen MR) is 43.1 cm³/mol. The first-order valence-corrected chi connectivity index (χ1v) is 3.52. The van der Waals surface area contributed by atoms with Crippen LogP contribution in [-0.4, -0.2) is 0 Å². The molecule has 0 heterocycles. The molecule has 0 N–H and O–H groups in total. The van der Waals surface area contributed by atoms with Crippen LogP contribution in [0.5, 0.6) is 0 Å². The first-order chi connectivity index (χ1) is 4.63. The number of rotatable bonds is 0. The minimum absolute atomic E-state index is 0.244. The van der Waals surface area contributed by atoms with Crippen molar-refractivity contribution in [2.24, 2.45) is 0 Å². The van der Waals surface area contributed by atoms with Gasteiger partial charge in [-0.1, -0.05) is 6.07 Å². The highest BCUT2D eigenvalue weighted by atomic mass is 32.1. The van der Waals surface area contributed by atoms with E-state index in [9.17, 15) is 4.39 Å². The zero-order valence-electron chi connectivity index (χ0n) is 5.98. The summed E-state index contributed by atoms with van der Waals surface area (Å²) < 4.78 is 12.7. The van der Waals surface area contributed by atoms with Gasteiger partial charge in [0.1, 0.15) is 5.82 Å². The van der Waals surface area contributed by atoms with Crippen LogP contribution in [-0.2, 0) is 0 Å². The molecule has 0 aliphatic heterocycles. The van der Waals surface area contributed by atoms with Crippen LogP contribution >= 0.6 is 12.6 Å². The van der Waals surface area contributed by atoms with Crippen molar-refractivity contribution in [1.82, 2.24) is 0 Å². The molecule has 0 saturated heterocycles. The molecule has 0 bridgehead atoms. The average molecular weight is 156 g/mol. The summed E-state index contributed by atoms with van der Waals surface area (Å²) in [4.78, 5) is 0.458. The second kappa shape index (κ2) is 2.62. The highest BCUT2D eigenvalue weighted by Crippen LogP contribution is 2.19. The fraction of sp³-hybridized carbons (Fsp3) is 0.250. The quantitative estimate of drug-likeness (QED) is 0.548.